The van der Waals surface area contributed by atoms with Crippen LogP contribution in [-0.4, -0.2) is 12.2 Å². The highest BCUT2D eigenvalue weighted by Gasteiger charge is 2.32. The van der Waals surface area contributed by atoms with Gasteiger partial charge in [-0.15, -0.1) is 0 Å². The first-order valence-corrected chi connectivity index (χ1v) is 6.84. The Morgan fingerprint density at radius 3 is 1.74 bits per heavy atom. The lowest BCUT2D eigenvalue weighted by molar-refractivity contribution is 0.136. The highest BCUT2D eigenvalue weighted by molar-refractivity contribution is 5.31. The number of halogens is 1. The van der Waals surface area contributed by atoms with Gasteiger partial charge in [0.1, 0.15) is 6.17 Å². The lowest BCUT2D eigenvalue weighted by Gasteiger charge is -2.35. The van der Waals surface area contributed by atoms with Crippen molar-refractivity contribution in [2.24, 2.45) is 0 Å². The topological polar surface area (TPSA) is 12.0 Å². The van der Waals surface area contributed by atoms with Gasteiger partial charge in [-0.1, -0.05) is 60.7 Å². The summed E-state index contributed by atoms with van der Waals surface area (Å²) in [6.07, 6.45) is 0.917. The molecule has 0 heterocycles. The van der Waals surface area contributed by atoms with E-state index in [9.17, 15) is 4.39 Å². The smallest absolute Gasteiger partial charge is 0.115 e. The SMILES string of the molecule is FC1CCC1NC(c1ccccc1)c1ccccc1. The van der Waals surface area contributed by atoms with E-state index >= 15 is 0 Å². The van der Waals surface area contributed by atoms with Gasteiger partial charge >= 0.3 is 0 Å². The van der Waals surface area contributed by atoms with E-state index in [-0.39, 0.29) is 12.1 Å². The van der Waals surface area contributed by atoms with Crippen LogP contribution >= 0.6 is 0 Å². The molecule has 2 atom stereocenters. The van der Waals surface area contributed by atoms with Crippen LogP contribution in [0.2, 0.25) is 0 Å². The Balaban J connectivity index is 1.87. The first-order chi connectivity index (χ1) is 9.34. The van der Waals surface area contributed by atoms with Crippen LogP contribution in [0.25, 0.3) is 0 Å². The lowest BCUT2D eigenvalue weighted by Crippen LogP contribution is -2.47. The van der Waals surface area contributed by atoms with Crippen molar-refractivity contribution >= 4 is 0 Å². The van der Waals surface area contributed by atoms with Crippen molar-refractivity contribution in [3.05, 3.63) is 71.8 Å². The maximum absolute atomic E-state index is 13.5. The molecule has 2 aromatic rings. The second kappa shape index (κ2) is 5.54. The highest BCUT2D eigenvalue weighted by Crippen LogP contribution is 2.29. The van der Waals surface area contributed by atoms with Gasteiger partial charge in [-0.2, -0.15) is 0 Å². The second-order valence-corrected chi connectivity index (χ2v) is 5.12. The predicted octanol–water partition coefficient (Wildman–Crippen LogP) is 3.87. The van der Waals surface area contributed by atoms with E-state index in [0.29, 0.717) is 6.42 Å². The minimum Gasteiger partial charge on any atom is -0.301 e. The summed E-state index contributed by atoms with van der Waals surface area (Å²) in [4.78, 5) is 0. The molecule has 0 aromatic heterocycles. The number of benzene rings is 2. The Morgan fingerprint density at radius 2 is 1.37 bits per heavy atom. The van der Waals surface area contributed by atoms with E-state index in [0.717, 1.165) is 6.42 Å². The summed E-state index contributed by atoms with van der Waals surface area (Å²) in [5.74, 6) is 0. The molecule has 3 rings (SSSR count). The summed E-state index contributed by atoms with van der Waals surface area (Å²) in [5.41, 5.74) is 2.38. The van der Waals surface area contributed by atoms with Crippen molar-refractivity contribution < 1.29 is 4.39 Å². The van der Waals surface area contributed by atoms with E-state index in [1.807, 2.05) is 36.4 Å². The molecule has 0 bridgehead atoms. The van der Waals surface area contributed by atoms with Crippen LogP contribution in [0.1, 0.15) is 30.0 Å². The summed E-state index contributed by atoms with van der Waals surface area (Å²) >= 11 is 0. The Hall–Kier alpha value is -1.67. The molecule has 1 aliphatic rings. The van der Waals surface area contributed by atoms with Crippen LogP contribution in [0.4, 0.5) is 4.39 Å². The van der Waals surface area contributed by atoms with Crippen LogP contribution in [0.15, 0.2) is 60.7 Å². The number of hydrogen-bond donors (Lipinski definition) is 1. The molecule has 2 heteroatoms. The van der Waals surface area contributed by atoms with Gasteiger partial charge in [0.25, 0.3) is 0 Å². The van der Waals surface area contributed by atoms with E-state index in [1.54, 1.807) is 0 Å². The van der Waals surface area contributed by atoms with E-state index in [4.69, 9.17) is 0 Å². The minimum atomic E-state index is -0.699. The fraction of sp³-hybridized carbons (Fsp3) is 0.294. The Bertz CT molecular complexity index is 472. The van der Waals surface area contributed by atoms with Crippen LogP contribution in [0.5, 0.6) is 0 Å². The van der Waals surface area contributed by atoms with E-state index in [1.165, 1.54) is 11.1 Å². The molecular weight excluding hydrogens is 237 g/mol. The van der Waals surface area contributed by atoms with Crippen molar-refractivity contribution in [1.29, 1.82) is 0 Å². The van der Waals surface area contributed by atoms with Gasteiger partial charge in [0.2, 0.25) is 0 Å². The van der Waals surface area contributed by atoms with Crippen molar-refractivity contribution in [2.75, 3.05) is 0 Å². The van der Waals surface area contributed by atoms with Crippen molar-refractivity contribution in [2.45, 2.75) is 31.1 Å². The molecule has 1 aliphatic carbocycles. The zero-order chi connectivity index (χ0) is 13.1. The third kappa shape index (κ3) is 2.69. The molecule has 19 heavy (non-hydrogen) atoms. The number of alkyl halides is 1. The molecule has 1 saturated carbocycles. The Morgan fingerprint density at radius 1 is 0.842 bits per heavy atom. The fourth-order valence-corrected chi connectivity index (χ4v) is 2.54. The Kier molecular flexibility index (Phi) is 3.60. The van der Waals surface area contributed by atoms with Crippen molar-refractivity contribution in [1.82, 2.24) is 5.32 Å². The molecule has 98 valence electrons. The van der Waals surface area contributed by atoms with Crippen molar-refractivity contribution in [3.8, 4) is 0 Å². The van der Waals surface area contributed by atoms with Crippen molar-refractivity contribution in [3.63, 3.8) is 0 Å². The molecule has 1 nitrogen and oxygen atoms in total. The predicted molar refractivity (Wildman–Crippen MR) is 75.8 cm³/mol. The first kappa shape index (κ1) is 12.4. The van der Waals surface area contributed by atoms with Gasteiger partial charge in [-0.05, 0) is 24.0 Å². The molecule has 1 fully saturated rings. The molecule has 0 aliphatic heterocycles. The quantitative estimate of drug-likeness (QED) is 0.874. The number of hydrogen-bond acceptors (Lipinski definition) is 1. The minimum absolute atomic E-state index is 0.00888. The molecule has 0 radical (unpaired) electrons. The summed E-state index contributed by atoms with van der Waals surface area (Å²) in [6, 6.07) is 20.6. The van der Waals surface area contributed by atoms with Gasteiger partial charge in [0.15, 0.2) is 0 Å². The second-order valence-electron chi connectivity index (χ2n) is 5.12. The summed E-state index contributed by atoms with van der Waals surface area (Å²) in [7, 11) is 0. The summed E-state index contributed by atoms with van der Waals surface area (Å²) < 4.78 is 13.5. The zero-order valence-electron chi connectivity index (χ0n) is 10.8. The van der Waals surface area contributed by atoms with Crippen LogP contribution in [-0.2, 0) is 0 Å². The number of rotatable bonds is 4. The molecule has 0 spiro atoms. The maximum atomic E-state index is 13.5. The van der Waals surface area contributed by atoms with Gasteiger partial charge in [-0.25, -0.2) is 4.39 Å². The molecule has 0 saturated heterocycles. The normalized spacial score (nSPS) is 22.2. The van der Waals surface area contributed by atoms with Gasteiger partial charge < -0.3 is 5.32 Å². The molecule has 2 aromatic carbocycles. The van der Waals surface area contributed by atoms with Gasteiger partial charge in [0, 0.05) is 6.04 Å². The third-order valence-corrected chi connectivity index (χ3v) is 3.84. The monoisotopic (exact) mass is 255 g/mol. The van der Waals surface area contributed by atoms with Crippen LogP contribution in [0.3, 0.4) is 0 Å². The first-order valence-electron chi connectivity index (χ1n) is 6.84. The average molecular weight is 255 g/mol. The maximum Gasteiger partial charge on any atom is 0.115 e. The number of nitrogens with one attached hydrogen (secondary N) is 1. The average Bonchev–Trinajstić information content (AvgIpc) is 2.48. The van der Waals surface area contributed by atoms with Crippen LogP contribution < -0.4 is 5.32 Å². The van der Waals surface area contributed by atoms with Gasteiger partial charge in [0.05, 0.1) is 6.04 Å². The Labute approximate surface area is 113 Å². The van der Waals surface area contributed by atoms with Crippen LogP contribution in [0, 0.1) is 0 Å². The molecule has 0 amide bonds. The standard InChI is InChI=1S/C17H18FN/c18-15-11-12-16(15)19-17(13-7-3-1-4-8-13)14-9-5-2-6-10-14/h1-10,15-17,19H,11-12H2. The third-order valence-electron chi connectivity index (χ3n) is 3.84. The zero-order valence-corrected chi connectivity index (χ0v) is 10.8. The molecular formula is C17H18FN. The molecule has 1 N–H and O–H groups in total. The fourth-order valence-electron chi connectivity index (χ4n) is 2.54. The lowest BCUT2D eigenvalue weighted by atomic mass is 9.88. The largest absolute Gasteiger partial charge is 0.301 e. The van der Waals surface area contributed by atoms with E-state index in [2.05, 4.69) is 29.6 Å². The summed E-state index contributed by atoms with van der Waals surface area (Å²) in [6.45, 7) is 0. The highest BCUT2D eigenvalue weighted by atomic mass is 19.1. The van der Waals surface area contributed by atoms with E-state index < -0.39 is 6.17 Å². The summed E-state index contributed by atoms with van der Waals surface area (Å²) in [5, 5.41) is 3.46. The van der Waals surface area contributed by atoms with Gasteiger partial charge in [-0.3, -0.25) is 0 Å². The molecule has 2 unspecified atom stereocenters.